The second-order valence-electron chi connectivity index (χ2n) is 7.14. The SMILES string of the molecule is COC[C@@H](C)n1c(COc2ccccc2F)nnc1S[C@@H](C)C(=O)Nc1cccc(Cl)c1Cl. The van der Waals surface area contributed by atoms with E-state index in [-0.39, 0.29) is 29.3 Å². The quantitative estimate of drug-likeness (QED) is 0.354. The van der Waals surface area contributed by atoms with Crippen LogP contribution in [0.25, 0.3) is 0 Å². The van der Waals surface area contributed by atoms with Crippen molar-refractivity contribution in [3.05, 3.63) is 64.2 Å². The molecule has 0 radical (unpaired) electrons. The van der Waals surface area contributed by atoms with Gasteiger partial charge in [-0.3, -0.25) is 9.36 Å². The zero-order valence-electron chi connectivity index (χ0n) is 18.2. The Balaban J connectivity index is 1.76. The van der Waals surface area contributed by atoms with Crippen molar-refractivity contribution in [1.29, 1.82) is 0 Å². The molecule has 1 N–H and O–H groups in total. The first-order valence-electron chi connectivity index (χ1n) is 10.0. The highest BCUT2D eigenvalue weighted by Crippen LogP contribution is 2.31. The number of anilines is 1. The first kappa shape index (κ1) is 25.3. The zero-order chi connectivity index (χ0) is 24.0. The lowest BCUT2D eigenvalue weighted by Gasteiger charge is -2.19. The second kappa shape index (κ2) is 11.7. The Labute approximate surface area is 205 Å². The molecule has 0 saturated heterocycles. The van der Waals surface area contributed by atoms with Gasteiger partial charge >= 0.3 is 0 Å². The monoisotopic (exact) mass is 512 g/mol. The maximum atomic E-state index is 13.9. The fourth-order valence-electron chi connectivity index (χ4n) is 3.00. The van der Waals surface area contributed by atoms with E-state index in [2.05, 4.69) is 15.5 Å². The minimum absolute atomic E-state index is 0.00124. The summed E-state index contributed by atoms with van der Waals surface area (Å²) in [6.07, 6.45) is 0. The summed E-state index contributed by atoms with van der Waals surface area (Å²) in [5, 5.41) is 11.8. The van der Waals surface area contributed by atoms with Gasteiger partial charge in [-0.2, -0.15) is 0 Å². The minimum Gasteiger partial charge on any atom is -0.483 e. The van der Waals surface area contributed by atoms with Crippen LogP contribution in [0.15, 0.2) is 47.6 Å². The maximum Gasteiger partial charge on any atom is 0.237 e. The van der Waals surface area contributed by atoms with Gasteiger partial charge in [0.25, 0.3) is 0 Å². The average molecular weight is 513 g/mol. The molecule has 1 aromatic heterocycles. The van der Waals surface area contributed by atoms with Gasteiger partial charge in [0.2, 0.25) is 5.91 Å². The lowest BCUT2D eigenvalue weighted by Crippen LogP contribution is -2.24. The van der Waals surface area contributed by atoms with E-state index in [0.29, 0.717) is 28.3 Å². The van der Waals surface area contributed by atoms with Gasteiger partial charge in [0.05, 0.1) is 33.6 Å². The number of amides is 1. The van der Waals surface area contributed by atoms with Gasteiger partial charge in [0.15, 0.2) is 22.5 Å². The van der Waals surface area contributed by atoms with Crippen LogP contribution in [0.5, 0.6) is 5.75 Å². The number of hydrogen-bond donors (Lipinski definition) is 1. The van der Waals surface area contributed by atoms with Crippen LogP contribution in [0.2, 0.25) is 10.0 Å². The number of ether oxygens (including phenoxy) is 2. The first-order chi connectivity index (χ1) is 15.8. The zero-order valence-corrected chi connectivity index (χ0v) is 20.5. The Bertz CT molecular complexity index is 1110. The molecule has 11 heteroatoms. The van der Waals surface area contributed by atoms with Gasteiger partial charge in [-0.1, -0.05) is 53.2 Å². The van der Waals surface area contributed by atoms with Gasteiger partial charge in [0.1, 0.15) is 6.61 Å². The Kier molecular flexibility index (Phi) is 8.96. The highest BCUT2D eigenvalue weighted by Gasteiger charge is 2.24. The summed E-state index contributed by atoms with van der Waals surface area (Å²) in [4.78, 5) is 12.8. The third kappa shape index (κ3) is 6.38. The second-order valence-corrected chi connectivity index (χ2v) is 9.24. The molecule has 3 aromatic rings. The van der Waals surface area contributed by atoms with Crippen molar-refractivity contribution in [2.75, 3.05) is 19.0 Å². The topological polar surface area (TPSA) is 78.3 Å². The molecule has 1 amide bonds. The molecule has 0 fully saturated rings. The highest BCUT2D eigenvalue weighted by atomic mass is 35.5. The van der Waals surface area contributed by atoms with E-state index in [1.807, 2.05) is 11.5 Å². The van der Waals surface area contributed by atoms with Crippen molar-refractivity contribution in [3.63, 3.8) is 0 Å². The number of hydrogen-bond acceptors (Lipinski definition) is 6. The Hall–Kier alpha value is -2.33. The van der Waals surface area contributed by atoms with Gasteiger partial charge in [0, 0.05) is 7.11 Å². The third-order valence-corrected chi connectivity index (χ3v) is 6.51. The molecule has 3 rings (SSSR count). The molecule has 0 spiro atoms. The van der Waals surface area contributed by atoms with Crippen LogP contribution >= 0.6 is 35.0 Å². The molecule has 2 aromatic carbocycles. The predicted molar refractivity (Wildman–Crippen MR) is 128 cm³/mol. The molecule has 7 nitrogen and oxygen atoms in total. The van der Waals surface area contributed by atoms with Crippen molar-refractivity contribution in [3.8, 4) is 5.75 Å². The van der Waals surface area contributed by atoms with Crippen molar-refractivity contribution >= 4 is 46.6 Å². The predicted octanol–water partition coefficient (Wildman–Crippen LogP) is 5.63. The van der Waals surface area contributed by atoms with Crippen LogP contribution in [0, 0.1) is 5.82 Å². The van der Waals surface area contributed by atoms with Crippen LogP contribution in [-0.2, 0) is 16.1 Å². The van der Waals surface area contributed by atoms with E-state index < -0.39 is 11.1 Å². The van der Waals surface area contributed by atoms with E-state index in [1.54, 1.807) is 44.4 Å². The summed E-state index contributed by atoms with van der Waals surface area (Å²) in [6.45, 7) is 4.06. The van der Waals surface area contributed by atoms with Crippen LogP contribution in [0.4, 0.5) is 10.1 Å². The smallest absolute Gasteiger partial charge is 0.237 e. The summed E-state index contributed by atoms with van der Waals surface area (Å²) < 4.78 is 26.6. The summed E-state index contributed by atoms with van der Waals surface area (Å²) >= 11 is 13.4. The molecule has 2 atom stereocenters. The molecule has 0 saturated carbocycles. The molecular formula is C22H23Cl2FN4O3S. The number of rotatable bonds is 10. The van der Waals surface area contributed by atoms with E-state index >= 15 is 0 Å². The fourth-order valence-corrected chi connectivity index (χ4v) is 4.31. The van der Waals surface area contributed by atoms with Crippen molar-refractivity contribution < 1.29 is 18.7 Å². The molecule has 0 bridgehead atoms. The maximum absolute atomic E-state index is 13.9. The molecule has 0 unspecified atom stereocenters. The molecule has 33 heavy (non-hydrogen) atoms. The summed E-state index contributed by atoms with van der Waals surface area (Å²) in [6, 6.07) is 11.0. The number of nitrogens with zero attached hydrogens (tertiary/aromatic N) is 3. The number of nitrogens with one attached hydrogen (secondary N) is 1. The van der Waals surface area contributed by atoms with Crippen LogP contribution < -0.4 is 10.1 Å². The molecule has 0 aliphatic heterocycles. The number of methoxy groups -OCH3 is 1. The largest absolute Gasteiger partial charge is 0.483 e. The third-order valence-electron chi connectivity index (χ3n) is 4.64. The molecular weight excluding hydrogens is 490 g/mol. The number of thioether (sulfide) groups is 1. The number of para-hydroxylation sites is 1. The van der Waals surface area contributed by atoms with Crippen molar-refractivity contribution in [1.82, 2.24) is 14.8 Å². The summed E-state index contributed by atoms with van der Waals surface area (Å²) in [5.41, 5.74) is 0.426. The van der Waals surface area contributed by atoms with E-state index in [0.717, 1.165) is 0 Å². The Morgan fingerprint density at radius 2 is 1.94 bits per heavy atom. The lowest BCUT2D eigenvalue weighted by molar-refractivity contribution is -0.115. The van der Waals surface area contributed by atoms with Gasteiger partial charge in [-0.05, 0) is 38.1 Å². The number of carbonyl (C=O) groups is 1. The Morgan fingerprint density at radius 3 is 2.67 bits per heavy atom. The van der Waals surface area contributed by atoms with Crippen LogP contribution in [-0.4, -0.2) is 39.6 Å². The number of carbonyl (C=O) groups excluding carboxylic acids is 1. The number of halogens is 3. The highest BCUT2D eigenvalue weighted by molar-refractivity contribution is 8.00. The fraction of sp³-hybridized carbons (Fsp3) is 0.318. The van der Waals surface area contributed by atoms with E-state index in [1.165, 1.54) is 23.9 Å². The molecule has 176 valence electrons. The van der Waals surface area contributed by atoms with Gasteiger partial charge in [-0.15, -0.1) is 10.2 Å². The minimum atomic E-state index is -0.530. The first-order valence-corrected chi connectivity index (χ1v) is 11.7. The van der Waals surface area contributed by atoms with Gasteiger partial charge < -0.3 is 14.8 Å². The molecule has 1 heterocycles. The standard InChI is InChI=1S/C22H23Cl2FN4O3S/c1-13(11-31-3)29-19(12-32-18-10-5-4-8-16(18)25)27-28-22(29)33-14(2)21(30)26-17-9-6-7-15(23)20(17)24/h4-10,13-14H,11-12H2,1-3H3,(H,26,30)/t13-,14+/m1/s1. The normalized spacial score (nSPS) is 12.9. The van der Waals surface area contributed by atoms with Gasteiger partial charge in [-0.25, -0.2) is 4.39 Å². The summed E-state index contributed by atoms with van der Waals surface area (Å²) in [5.74, 6) is -0.141. The van der Waals surface area contributed by atoms with Crippen LogP contribution in [0.3, 0.4) is 0 Å². The van der Waals surface area contributed by atoms with Crippen molar-refractivity contribution in [2.45, 2.75) is 36.9 Å². The molecule has 0 aliphatic rings. The van der Waals surface area contributed by atoms with Crippen molar-refractivity contribution in [2.24, 2.45) is 0 Å². The van der Waals surface area contributed by atoms with Crippen LogP contribution in [0.1, 0.15) is 25.7 Å². The van der Waals surface area contributed by atoms with E-state index in [4.69, 9.17) is 32.7 Å². The number of benzene rings is 2. The summed E-state index contributed by atoms with van der Waals surface area (Å²) in [7, 11) is 1.59. The van der Waals surface area contributed by atoms with E-state index in [9.17, 15) is 9.18 Å². The lowest BCUT2D eigenvalue weighted by atomic mass is 10.3. The Morgan fingerprint density at radius 1 is 1.18 bits per heavy atom. The average Bonchev–Trinajstić information content (AvgIpc) is 3.18. The number of aromatic nitrogens is 3. The molecule has 0 aliphatic carbocycles.